The van der Waals surface area contributed by atoms with Gasteiger partial charge in [0.05, 0.1) is 0 Å². The lowest BCUT2D eigenvalue weighted by molar-refractivity contribution is 0.571. The fourth-order valence-electron chi connectivity index (χ4n) is 1.49. The van der Waals surface area contributed by atoms with E-state index in [2.05, 4.69) is 17.0 Å². The van der Waals surface area contributed by atoms with Gasteiger partial charge in [-0.2, -0.15) is 5.10 Å². The number of rotatable bonds is 4. The second-order valence-electron chi connectivity index (χ2n) is 3.81. The minimum atomic E-state index is 0.758. The number of aromatic nitrogens is 3. The molecule has 0 bridgehead atoms. The highest BCUT2D eigenvalue weighted by Gasteiger charge is 2.03. The lowest BCUT2D eigenvalue weighted by Gasteiger charge is -1.98. The van der Waals surface area contributed by atoms with E-state index in [-0.39, 0.29) is 0 Å². The summed E-state index contributed by atoms with van der Waals surface area (Å²) < 4.78 is 1.88. The van der Waals surface area contributed by atoms with Gasteiger partial charge in [-0.15, -0.1) is 0 Å². The summed E-state index contributed by atoms with van der Waals surface area (Å²) >= 11 is 0. The number of hydrogen-bond donors (Lipinski definition) is 1. The molecule has 4 nitrogen and oxygen atoms in total. The van der Waals surface area contributed by atoms with E-state index in [0.29, 0.717) is 0 Å². The van der Waals surface area contributed by atoms with E-state index in [1.807, 2.05) is 28.9 Å². The quantitative estimate of drug-likeness (QED) is 0.798. The van der Waals surface area contributed by atoms with E-state index in [0.717, 1.165) is 36.5 Å². The number of unbranched alkanes of at least 4 members (excludes halogenated alkanes) is 1. The molecule has 0 aliphatic rings. The summed E-state index contributed by atoms with van der Waals surface area (Å²) in [6, 6.07) is 7.60. The molecule has 1 aromatic heterocycles. The monoisotopic (exact) mass is 216 g/mol. The van der Waals surface area contributed by atoms with Gasteiger partial charge in [0.1, 0.15) is 6.33 Å². The second-order valence-corrected chi connectivity index (χ2v) is 3.81. The van der Waals surface area contributed by atoms with Crippen LogP contribution in [0.25, 0.3) is 11.4 Å². The number of nitrogens with two attached hydrogens (primary N) is 1. The molecule has 4 heteroatoms. The predicted octanol–water partition coefficient (Wildman–Crippen LogP) is 2.33. The molecular weight excluding hydrogens is 200 g/mol. The highest BCUT2D eigenvalue weighted by molar-refractivity contribution is 5.57. The van der Waals surface area contributed by atoms with Crippen molar-refractivity contribution in [1.29, 1.82) is 0 Å². The summed E-state index contributed by atoms with van der Waals surface area (Å²) in [4.78, 5) is 4.28. The molecule has 2 N–H and O–H groups in total. The van der Waals surface area contributed by atoms with E-state index in [1.165, 1.54) is 0 Å². The standard InChI is InChI=1S/C12H16N4/c1-2-3-8-16-9-14-12(15-16)10-4-6-11(13)7-5-10/h4-7,9H,2-3,8,13H2,1H3. The second kappa shape index (κ2) is 4.79. The first-order chi connectivity index (χ1) is 7.79. The fraction of sp³-hybridized carbons (Fsp3) is 0.333. The molecule has 1 heterocycles. The molecule has 0 unspecified atom stereocenters. The first kappa shape index (κ1) is 10.7. The van der Waals surface area contributed by atoms with Crippen molar-refractivity contribution < 1.29 is 0 Å². The van der Waals surface area contributed by atoms with Gasteiger partial charge in [-0.3, -0.25) is 4.68 Å². The lowest BCUT2D eigenvalue weighted by Crippen LogP contribution is -1.98. The zero-order chi connectivity index (χ0) is 11.4. The maximum absolute atomic E-state index is 5.63. The third-order valence-electron chi connectivity index (χ3n) is 2.45. The van der Waals surface area contributed by atoms with Gasteiger partial charge >= 0.3 is 0 Å². The molecule has 0 aliphatic heterocycles. The van der Waals surface area contributed by atoms with Crippen LogP contribution >= 0.6 is 0 Å². The average Bonchev–Trinajstić information content (AvgIpc) is 2.76. The molecule has 0 saturated heterocycles. The molecule has 16 heavy (non-hydrogen) atoms. The number of nitrogen functional groups attached to an aromatic ring is 1. The van der Waals surface area contributed by atoms with Crippen molar-refractivity contribution in [3.8, 4) is 11.4 Å². The lowest BCUT2D eigenvalue weighted by atomic mass is 10.2. The van der Waals surface area contributed by atoms with Crippen LogP contribution in [0.3, 0.4) is 0 Å². The van der Waals surface area contributed by atoms with E-state index in [9.17, 15) is 0 Å². The number of nitrogens with zero attached hydrogens (tertiary/aromatic N) is 3. The van der Waals surface area contributed by atoms with Crippen molar-refractivity contribution in [2.75, 3.05) is 5.73 Å². The Morgan fingerprint density at radius 2 is 2.00 bits per heavy atom. The number of aryl methyl sites for hydroxylation is 1. The first-order valence-corrected chi connectivity index (χ1v) is 5.55. The van der Waals surface area contributed by atoms with Crippen LogP contribution in [0, 0.1) is 0 Å². The summed E-state index contributed by atoms with van der Waals surface area (Å²) in [5, 5.41) is 4.41. The van der Waals surface area contributed by atoms with E-state index in [4.69, 9.17) is 5.73 Å². The summed E-state index contributed by atoms with van der Waals surface area (Å²) in [6.07, 6.45) is 4.07. The molecule has 0 spiro atoms. The van der Waals surface area contributed by atoms with E-state index >= 15 is 0 Å². The third kappa shape index (κ3) is 2.39. The van der Waals surface area contributed by atoms with Crippen LogP contribution < -0.4 is 5.73 Å². The summed E-state index contributed by atoms with van der Waals surface area (Å²) in [6.45, 7) is 3.09. The normalized spacial score (nSPS) is 10.6. The van der Waals surface area contributed by atoms with Crippen LogP contribution in [0.4, 0.5) is 5.69 Å². The van der Waals surface area contributed by atoms with E-state index < -0.39 is 0 Å². The van der Waals surface area contributed by atoms with Crippen molar-refractivity contribution in [2.24, 2.45) is 0 Å². The van der Waals surface area contributed by atoms with Crippen molar-refractivity contribution >= 4 is 5.69 Å². The number of benzene rings is 1. The Bertz CT molecular complexity index is 444. The van der Waals surface area contributed by atoms with Crippen LogP contribution in [0.2, 0.25) is 0 Å². The molecule has 0 radical (unpaired) electrons. The van der Waals surface area contributed by atoms with Crippen LogP contribution in [-0.4, -0.2) is 14.8 Å². The molecule has 0 fully saturated rings. The summed E-state index contributed by atoms with van der Waals surface area (Å²) in [5.74, 6) is 0.760. The Balaban J connectivity index is 2.15. The highest BCUT2D eigenvalue weighted by atomic mass is 15.3. The largest absolute Gasteiger partial charge is 0.399 e. The molecule has 1 aromatic carbocycles. The predicted molar refractivity (Wildman–Crippen MR) is 64.8 cm³/mol. The van der Waals surface area contributed by atoms with Crippen molar-refractivity contribution in [2.45, 2.75) is 26.3 Å². The molecule has 2 rings (SSSR count). The molecule has 0 amide bonds. The van der Waals surface area contributed by atoms with Gasteiger partial charge in [-0.05, 0) is 30.7 Å². The SMILES string of the molecule is CCCCn1cnc(-c2ccc(N)cc2)n1. The van der Waals surface area contributed by atoms with Crippen LogP contribution in [0.15, 0.2) is 30.6 Å². The van der Waals surface area contributed by atoms with Crippen molar-refractivity contribution in [3.63, 3.8) is 0 Å². The summed E-state index contributed by atoms with van der Waals surface area (Å²) in [7, 11) is 0. The Kier molecular flexibility index (Phi) is 3.19. The van der Waals surface area contributed by atoms with Gasteiger partial charge in [0.2, 0.25) is 0 Å². The highest BCUT2D eigenvalue weighted by Crippen LogP contribution is 2.15. The van der Waals surface area contributed by atoms with Crippen LogP contribution in [0.5, 0.6) is 0 Å². The Labute approximate surface area is 95.1 Å². The van der Waals surface area contributed by atoms with Gasteiger partial charge < -0.3 is 5.73 Å². The van der Waals surface area contributed by atoms with Gasteiger partial charge in [-0.25, -0.2) is 4.98 Å². The van der Waals surface area contributed by atoms with Crippen LogP contribution in [-0.2, 0) is 6.54 Å². The zero-order valence-corrected chi connectivity index (χ0v) is 9.43. The maximum atomic E-state index is 5.63. The first-order valence-electron chi connectivity index (χ1n) is 5.55. The van der Waals surface area contributed by atoms with Crippen molar-refractivity contribution in [1.82, 2.24) is 14.8 Å². The topological polar surface area (TPSA) is 56.7 Å². The fourth-order valence-corrected chi connectivity index (χ4v) is 1.49. The Morgan fingerprint density at radius 3 is 2.69 bits per heavy atom. The Morgan fingerprint density at radius 1 is 1.25 bits per heavy atom. The van der Waals surface area contributed by atoms with Gasteiger partial charge in [0.25, 0.3) is 0 Å². The summed E-state index contributed by atoms with van der Waals surface area (Å²) in [5.41, 5.74) is 7.39. The minimum Gasteiger partial charge on any atom is -0.399 e. The van der Waals surface area contributed by atoms with Crippen LogP contribution in [0.1, 0.15) is 19.8 Å². The number of anilines is 1. The van der Waals surface area contributed by atoms with Gasteiger partial charge in [0.15, 0.2) is 5.82 Å². The molecule has 0 atom stereocenters. The molecule has 0 aliphatic carbocycles. The third-order valence-corrected chi connectivity index (χ3v) is 2.45. The van der Waals surface area contributed by atoms with Gasteiger partial charge in [0, 0.05) is 17.8 Å². The minimum absolute atomic E-state index is 0.758. The molecule has 84 valence electrons. The zero-order valence-electron chi connectivity index (χ0n) is 9.43. The molecular formula is C12H16N4. The average molecular weight is 216 g/mol. The number of hydrogen-bond acceptors (Lipinski definition) is 3. The maximum Gasteiger partial charge on any atom is 0.181 e. The molecule has 2 aromatic rings. The molecule has 0 saturated carbocycles. The Hall–Kier alpha value is -1.84. The smallest absolute Gasteiger partial charge is 0.181 e. The van der Waals surface area contributed by atoms with Crippen molar-refractivity contribution in [3.05, 3.63) is 30.6 Å². The van der Waals surface area contributed by atoms with E-state index in [1.54, 1.807) is 6.33 Å². The van der Waals surface area contributed by atoms with Gasteiger partial charge in [-0.1, -0.05) is 13.3 Å².